The summed E-state index contributed by atoms with van der Waals surface area (Å²) in [5.41, 5.74) is 4.31. The molecule has 0 aromatic heterocycles. The number of hydrogen-bond acceptors (Lipinski definition) is 12. The second kappa shape index (κ2) is 51.3. The number of hydrogen-bond donors (Lipinski definition) is 0. The molecule has 0 N–H and O–H groups in total. The van der Waals surface area contributed by atoms with Gasteiger partial charge in [0.1, 0.15) is 42.8 Å². The molecule has 402 valence electrons. The molecule has 12 nitrogen and oxygen atoms in total. The van der Waals surface area contributed by atoms with E-state index in [1.807, 2.05) is 76.4 Å². The first-order valence-electron chi connectivity index (χ1n) is 23.5. The first-order valence-corrected chi connectivity index (χ1v) is 28.9. The number of alkyl halides is 1. The summed E-state index contributed by atoms with van der Waals surface area (Å²) in [5, 5.41) is 7.62. The first kappa shape index (κ1) is 80.1. The Bertz CT molecular complexity index is 1870. The Hall–Kier alpha value is -5.02. The quantitative estimate of drug-likeness (QED) is 0.0681. The Balaban J connectivity index is -0.000000132. The molecule has 71 heavy (non-hydrogen) atoms. The van der Waals surface area contributed by atoms with E-state index in [1.165, 1.54) is 46.6 Å². The van der Waals surface area contributed by atoms with Crippen molar-refractivity contribution in [3.63, 3.8) is 0 Å². The third kappa shape index (κ3) is 71.6. The summed E-state index contributed by atoms with van der Waals surface area (Å²) < 4.78 is 4.26. The van der Waals surface area contributed by atoms with E-state index in [1.54, 1.807) is 77.7 Å². The summed E-state index contributed by atoms with van der Waals surface area (Å²) in [6, 6.07) is 20.1. The molecular formula is C56H91ClN2O10SSi. The second-order valence-corrected chi connectivity index (χ2v) is 23.7. The summed E-state index contributed by atoms with van der Waals surface area (Å²) in [4.78, 5) is 94.7. The van der Waals surface area contributed by atoms with Gasteiger partial charge in [-0.25, -0.2) is 0 Å². The maximum absolute atomic E-state index is 11.7. The molecule has 0 aliphatic heterocycles. The van der Waals surface area contributed by atoms with Crippen molar-refractivity contribution in [1.29, 1.82) is 5.26 Å². The fourth-order valence-electron chi connectivity index (χ4n) is 3.33. The molecule has 2 aromatic rings. The van der Waals surface area contributed by atoms with Crippen molar-refractivity contribution in [2.45, 2.75) is 156 Å². The van der Waals surface area contributed by atoms with Gasteiger partial charge in [0, 0.05) is 66.3 Å². The number of methoxy groups -OCH3 is 1. The topological polar surface area (TPSA) is 190 Å². The van der Waals surface area contributed by atoms with Gasteiger partial charge in [-0.3, -0.25) is 33.6 Å². The molecule has 1 fully saturated rings. The minimum Gasteiger partial charge on any atom is -0.469 e. The number of rotatable bonds is 11. The number of esters is 1. The van der Waals surface area contributed by atoms with Crippen LogP contribution in [0.15, 0.2) is 60.7 Å². The normalized spacial score (nSPS) is 10.4. The molecule has 0 spiro atoms. The van der Waals surface area contributed by atoms with E-state index in [4.69, 9.17) is 16.9 Å². The molecule has 2 aromatic carbocycles. The Labute approximate surface area is 440 Å². The van der Waals surface area contributed by atoms with Crippen LogP contribution in [0.2, 0.25) is 19.6 Å². The number of amides is 1. The van der Waals surface area contributed by atoms with E-state index in [2.05, 4.69) is 42.8 Å². The summed E-state index contributed by atoms with van der Waals surface area (Å²) in [5.74, 6) is 6.13. The summed E-state index contributed by atoms with van der Waals surface area (Å²) >= 11 is 7.18. The number of ether oxygens (including phenoxy) is 1. The van der Waals surface area contributed by atoms with Crippen molar-refractivity contribution in [1.82, 2.24) is 4.90 Å². The average molecular weight is 1050 g/mol. The zero-order chi connectivity index (χ0) is 57.3. The summed E-state index contributed by atoms with van der Waals surface area (Å²) in [7, 11) is 1.96. The lowest BCUT2D eigenvalue weighted by Gasteiger charge is -2.15. The molecule has 0 radical (unpaired) electrons. The van der Waals surface area contributed by atoms with E-state index < -0.39 is 8.07 Å². The molecule has 1 amide bonds. The minimum atomic E-state index is -1.04. The number of ketones is 7. The molecular weight excluding hydrogens is 956 g/mol. The maximum Gasteiger partial charge on any atom is 0.305 e. The van der Waals surface area contributed by atoms with Gasteiger partial charge in [0.2, 0.25) is 0 Å². The average Bonchev–Trinajstić information content (AvgIpc) is 4.16. The predicted octanol–water partition coefficient (Wildman–Crippen LogP) is 12.6. The number of likely N-dealkylation sites (N-methyl/N-ethyl adjacent to an activating group) is 1. The van der Waals surface area contributed by atoms with Crippen LogP contribution in [-0.4, -0.2) is 104 Å². The van der Waals surface area contributed by atoms with Gasteiger partial charge in [-0.05, 0) is 93.5 Å². The number of thioether (sulfide) groups is 1. The number of Topliss-reactive ketones (excluding diaryl/α,β-unsaturated/α-hetero) is 7. The van der Waals surface area contributed by atoms with Crippen molar-refractivity contribution >= 4 is 83.8 Å². The van der Waals surface area contributed by atoms with Crippen molar-refractivity contribution in [2.24, 2.45) is 17.3 Å². The smallest absolute Gasteiger partial charge is 0.305 e. The lowest BCUT2D eigenvalue weighted by atomic mass is 9.92. The predicted molar refractivity (Wildman–Crippen MR) is 300 cm³/mol. The zero-order valence-electron chi connectivity index (χ0n) is 47.3. The van der Waals surface area contributed by atoms with Crippen LogP contribution in [0, 0.1) is 40.0 Å². The highest BCUT2D eigenvalue weighted by atomic mass is 35.5. The molecule has 1 aliphatic carbocycles. The van der Waals surface area contributed by atoms with Crippen LogP contribution in [-0.2, 0) is 38.3 Å². The van der Waals surface area contributed by atoms with Crippen molar-refractivity contribution in [2.75, 3.05) is 38.6 Å². The van der Waals surface area contributed by atoms with Crippen molar-refractivity contribution < 1.29 is 47.9 Å². The fourth-order valence-corrected chi connectivity index (χ4v) is 4.96. The van der Waals surface area contributed by atoms with Crippen LogP contribution in [0.25, 0.3) is 0 Å². The molecule has 3 rings (SSSR count). The van der Waals surface area contributed by atoms with Crippen molar-refractivity contribution in [3.05, 3.63) is 71.8 Å². The number of nitrogens with zero attached hydrogens (tertiary/aromatic N) is 2. The SMILES string of the molecule is CC(=O)C(C)(C)CCl.CC(=O)C1CC1.CC(=O)CN(C)C(=O)c1ccccc1.CC(=O)c1ccccc1.CC(C)=O.CC(C)=O.CCC#C[Si](C)(C)C.CCC#N.CCC(=O)OC.CSCC(C)C(C)=O. The van der Waals surface area contributed by atoms with Crippen molar-refractivity contribution in [3.8, 4) is 17.5 Å². The Kier molecular flexibility index (Phi) is 57.9. The number of benzene rings is 2. The molecule has 1 aliphatic rings. The number of halogens is 1. The molecule has 1 unspecified atom stereocenters. The fraction of sp³-hybridized carbons (Fsp3) is 0.571. The highest BCUT2D eigenvalue weighted by Gasteiger charge is 2.25. The minimum absolute atomic E-state index is 0.0169. The van der Waals surface area contributed by atoms with E-state index in [9.17, 15) is 43.2 Å². The van der Waals surface area contributed by atoms with Gasteiger partial charge in [0.05, 0.1) is 19.7 Å². The standard InChI is InChI=1S/C11H13NO2.C8H8O.C7H14Si.C6H11ClO.C6H12OS.C5H8O.C4H8O2.C3H5N.2C3H6O/c1-9(13)8-12(2)11(14)10-6-4-3-5-7-10;1-7(9)8-5-3-2-4-6-8;1-5-6-7-8(2,3)4;1-5(8)6(2,3)4-7;1-5(4-8-3)6(2)7;1-4(6)5-2-3-5;1-3-4(5)6-2;1-2-3-4;2*1-3(2)4/h3-7H,8H2,1-2H3;2-6H,1H3;5H2,1-4H3;4H2,1-3H3;5H,4H2,1-3H3;5H,2-3H2,1H3;3H2,1-2H3;2H2,1H3;2*1-2H3. The Morgan fingerprint density at radius 1 is 0.775 bits per heavy atom. The Morgan fingerprint density at radius 2 is 1.17 bits per heavy atom. The summed E-state index contributed by atoms with van der Waals surface area (Å²) in [6.45, 7) is 32.2. The van der Waals surface area contributed by atoms with E-state index >= 15 is 0 Å². The third-order valence-electron chi connectivity index (χ3n) is 7.87. The molecule has 0 bridgehead atoms. The number of carbonyl (C=O) groups excluding carboxylic acids is 9. The largest absolute Gasteiger partial charge is 0.469 e. The van der Waals surface area contributed by atoms with Crippen LogP contribution in [0.1, 0.15) is 157 Å². The lowest BCUT2D eigenvalue weighted by Crippen LogP contribution is -2.30. The van der Waals surface area contributed by atoms with Gasteiger partial charge >= 0.3 is 5.97 Å². The van der Waals surface area contributed by atoms with Gasteiger partial charge in [-0.1, -0.05) is 110 Å². The van der Waals surface area contributed by atoms with Crippen LogP contribution in [0.5, 0.6) is 0 Å². The van der Waals surface area contributed by atoms with Gasteiger partial charge < -0.3 is 19.2 Å². The van der Waals surface area contributed by atoms with Gasteiger partial charge in [-0.2, -0.15) is 17.0 Å². The van der Waals surface area contributed by atoms with Gasteiger partial charge in [0.25, 0.3) is 5.91 Å². The molecule has 0 saturated heterocycles. The van der Waals surface area contributed by atoms with Crippen LogP contribution >= 0.6 is 23.4 Å². The summed E-state index contributed by atoms with van der Waals surface area (Å²) in [6.07, 6.45) is 6.41. The highest BCUT2D eigenvalue weighted by molar-refractivity contribution is 7.98. The third-order valence-corrected chi connectivity index (χ3v) is 10.3. The molecule has 1 saturated carbocycles. The van der Waals surface area contributed by atoms with Crippen LogP contribution in [0.4, 0.5) is 0 Å². The van der Waals surface area contributed by atoms with E-state index in [0.717, 1.165) is 30.6 Å². The molecule has 15 heteroatoms. The number of nitriles is 1. The highest BCUT2D eigenvalue weighted by Crippen LogP contribution is 2.29. The van der Waals surface area contributed by atoms with Gasteiger partial charge in [-0.15, -0.1) is 23.1 Å². The number of carbonyl (C=O) groups is 9. The first-order chi connectivity index (χ1) is 32.6. The zero-order valence-corrected chi connectivity index (χ0v) is 49.9. The monoisotopic (exact) mass is 1050 g/mol. The second-order valence-electron chi connectivity index (χ2n) is 17.7. The van der Waals surface area contributed by atoms with Gasteiger partial charge in [0.15, 0.2) is 5.78 Å². The Morgan fingerprint density at radius 3 is 1.31 bits per heavy atom. The lowest BCUT2D eigenvalue weighted by molar-refractivity contribution is -0.140. The van der Waals surface area contributed by atoms with E-state index in [-0.39, 0.29) is 58.7 Å². The maximum atomic E-state index is 11.7. The van der Waals surface area contributed by atoms with Crippen LogP contribution in [0.3, 0.4) is 0 Å². The molecule has 1 atom stereocenters. The van der Waals surface area contributed by atoms with Crippen LogP contribution < -0.4 is 0 Å². The molecule has 0 heterocycles. The van der Waals surface area contributed by atoms with E-state index in [0.29, 0.717) is 41.8 Å².